The molecular weight excluding hydrogens is 429 g/mol. The predicted molar refractivity (Wildman–Crippen MR) is 111 cm³/mol. The summed E-state index contributed by atoms with van der Waals surface area (Å²) in [7, 11) is 0. The third kappa shape index (κ3) is 5.30. The van der Waals surface area contributed by atoms with Gasteiger partial charge in [-0.15, -0.1) is 0 Å². The van der Waals surface area contributed by atoms with E-state index in [2.05, 4.69) is 10.1 Å². The molecule has 4 aromatic rings. The molecule has 0 amide bonds. The van der Waals surface area contributed by atoms with Gasteiger partial charge in [-0.3, -0.25) is 0 Å². The first kappa shape index (κ1) is 23.3. The standard InChI is InChI=1S/C22H20ClN3O4.Na/c1-2-11-29-19-6-4-16(13-17(19)23)22-24-21(25-30-22)15-3-5-18-14(12-15)7-9-26(18)10-8-20(27)28;/h3-7,9,12-13H,2,8,10-11H2,1H3,(H,27,28);/q;+1/p-1. The van der Waals surface area contributed by atoms with E-state index in [-0.39, 0.29) is 36.0 Å². The monoisotopic (exact) mass is 447 g/mol. The number of carbonyl (C=O) groups is 1. The fourth-order valence-corrected chi connectivity index (χ4v) is 3.40. The number of hydrogen-bond donors (Lipinski definition) is 0. The summed E-state index contributed by atoms with van der Waals surface area (Å²) in [4.78, 5) is 15.2. The Hall–Kier alpha value is -2.32. The molecule has 0 aliphatic rings. The zero-order valence-electron chi connectivity index (χ0n) is 17.3. The van der Waals surface area contributed by atoms with Crippen LogP contribution in [0.25, 0.3) is 33.7 Å². The molecule has 0 atom stereocenters. The molecule has 154 valence electrons. The molecule has 4 rings (SSSR count). The zero-order chi connectivity index (χ0) is 21.1. The minimum atomic E-state index is -1.07. The molecule has 0 radical (unpaired) electrons. The Morgan fingerprint density at radius 2 is 2.00 bits per heavy atom. The molecule has 0 unspecified atom stereocenters. The van der Waals surface area contributed by atoms with E-state index in [1.807, 2.05) is 48.0 Å². The van der Waals surface area contributed by atoms with Gasteiger partial charge in [-0.1, -0.05) is 23.7 Å². The van der Waals surface area contributed by atoms with E-state index in [1.54, 1.807) is 12.1 Å². The topological polar surface area (TPSA) is 93.2 Å². The van der Waals surface area contributed by atoms with Crippen LogP contribution in [-0.2, 0) is 11.3 Å². The first-order valence-electron chi connectivity index (χ1n) is 9.60. The van der Waals surface area contributed by atoms with E-state index in [4.69, 9.17) is 20.9 Å². The molecule has 0 aliphatic carbocycles. The molecule has 2 aromatic heterocycles. The van der Waals surface area contributed by atoms with E-state index >= 15 is 0 Å². The van der Waals surface area contributed by atoms with Crippen LogP contribution in [0, 0.1) is 0 Å². The third-order valence-electron chi connectivity index (χ3n) is 4.65. The molecule has 7 nitrogen and oxygen atoms in total. The van der Waals surface area contributed by atoms with Gasteiger partial charge in [-0.05, 0) is 48.9 Å². The smallest absolute Gasteiger partial charge is 0.550 e. The van der Waals surface area contributed by atoms with E-state index in [1.165, 1.54) is 0 Å². The van der Waals surface area contributed by atoms with Crippen LogP contribution in [0.1, 0.15) is 19.8 Å². The predicted octanol–water partition coefficient (Wildman–Crippen LogP) is 0.944. The van der Waals surface area contributed by atoms with Crippen LogP contribution in [0.2, 0.25) is 5.02 Å². The first-order chi connectivity index (χ1) is 14.5. The number of aliphatic carboxylic acids is 1. The third-order valence-corrected chi connectivity index (χ3v) is 4.95. The van der Waals surface area contributed by atoms with Crippen LogP contribution in [0.3, 0.4) is 0 Å². The number of carboxylic acid groups (broad SMARTS) is 1. The summed E-state index contributed by atoms with van der Waals surface area (Å²) >= 11 is 6.29. The number of hydrogen-bond acceptors (Lipinski definition) is 6. The average molecular weight is 448 g/mol. The number of rotatable bonds is 8. The number of aromatic nitrogens is 3. The Balaban J connectivity index is 0.00000272. The van der Waals surface area contributed by atoms with Crippen molar-refractivity contribution in [1.29, 1.82) is 0 Å². The number of carbonyl (C=O) groups excluding carboxylic acids is 1. The minimum absolute atomic E-state index is 0. The van der Waals surface area contributed by atoms with Gasteiger partial charge in [0.1, 0.15) is 5.75 Å². The summed E-state index contributed by atoms with van der Waals surface area (Å²) < 4.78 is 12.9. The fourth-order valence-electron chi connectivity index (χ4n) is 3.17. The Morgan fingerprint density at radius 1 is 1.19 bits per heavy atom. The van der Waals surface area contributed by atoms with E-state index < -0.39 is 5.97 Å². The van der Waals surface area contributed by atoms with Crippen molar-refractivity contribution in [2.75, 3.05) is 6.61 Å². The molecule has 0 N–H and O–H groups in total. The van der Waals surface area contributed by atoms with Crippen molar-refractivity contribution in [2.24, 2.45) is 0 Å². The number of halogens is 1. The van der Waals surface area contributed by atoms with Gasteiger partial charge in [-0.25, -0.2) is 0 Å². The summed E-state index contributed by atoms with van der Waals surface area (Å²) in [6.07, 6.45) is 2.71. The van der Waals surface area contributed by atoms with Crippen molar-refractivity contribution < 1.29 is 48.7 Å². The second-order valence-electron chi connectivity index (χ2n) is 6.82. The van der Waals surface area contributed by atoms with Gasteiger partial charge in [0.2, 0.25) is 5.82 Å². The molecule has 2 heterocycles. The SMILES string of the molecule is CCCOc1ccc(-c2nc(-c3ccc4c(ccn4CCC(=O)[O-])c3)no2)cc1Cl.[Na+]. The zero-order valence-corrected chi connectivity index (χ0v) is 20.1. The van der Waals surface area contributed by atoms with Gasteiger partial charge in [-0.2, -0.15) is 4.98 Å². The quantitative estimate of drug-likeness (QED) is 0.373. The van der Waals surface area contributed by atoms with Crippen molar-refractivity contribution in [3.8, 4) is 28.6 Å². The number of ether oxygens (including phenoxy) is 1. The van der Waals surface area contributed by atoms with Crippen molar-refractivity contribution in [1.82, 2.24) is 14.7 Å². The Kier molecular flexibility index (Phi) is 7.78. The summed E-state index contributed by atoms with van der Waals surface area (Å²) in [5.41, 5.74) is 2.43. The molecular formula is C22H19ClN3NaO4. The van der Waals surface area contributed by atoms with Gasteiger partial charge in [0.25, 0.3) is 5.89 Å². The summed E-state index contributed by atoms with van der Waals surface area (Å²) in [5, 5.41) is 16.2. The number of nitrogens with zero attached hydrogens (tertiary/aromatic N) is 3. The first-order valence-corrected chi connectivity index (χ1v) is 9.98. The van der Waals surface area contributed by atoms with Crippen LogP contribution >= 0.6 is 11.6 Å². The maximum Gasteiger partial charge on any atom is 1.00 e. The Morgan fingerprint density at radius 3 is 2.74 bits per heavy atom. The maximum atomic E-state index is 10.7. The van der Waals surface area contributed by atoms with Gasteiger partial charge >= 0.3 is 29.6 Å². The molecule has 0 saturated carbocycles. The van der Waals surface area contributed by atoms with Crippen molar-refractivity contribution in [3.05, 3.63) is 53.7 Å². The molecule has 2 aromatic carbocycles. The van der Waals surface area contributed by atoms with Gasteiger partial charge in [0.15, 0.2) is 0 Å². The van der Waals surface area contributed by atoms with E-state index in [9.17, 15) is 9.90 Å². The van der Waals surface area contributed by atoms with Crippen LogP contribution in [0.4, 0.5) is 0 Å². The molecule has 0 fully saturated rings. The summed E-state index contributed by atoms with van der Waals surface area (Å²) in [6, 6.07) is 13.0. The van der Waals surface area contributed by atoms with Gasteiger partial charge in [0, 0.05) is 47.2 Å². The van der Waals surface area contributed by atoms with Gasteiger partial charge < -0.3 is 23.7 Å². The second kappa shape index (κ2) is 10.3. The van der Waals surface area contributed by atoms with E-state index in [0.717, 1.165) is 22.9 Å². The number of carboxylic acids is 1. The molecule has 9 heteroatoms. The largest absolute Gasteiger partial charge is 1.00 e. The maximum absolute atomic E-state index is 10.7. The second-order valence-corrected chi connectivity index (χ2v) is 7.23. The normalized spacial score (nSPS) is 10.8. The van der Waals surface area contributed by atoms with Crippen molar-refractivity contribution in [2.45, 2.75) is 26.3 Å². The van der Waals surface area contributed by atoms with Crippen LogP contribution in [0.15, 0.2) is 53.2 Å². The molecule has 0 saturated heterocycles. The summed E-state index contributed by atoms with van der Waals surface area (Å²) in [6.45, 7) is 2.99. The number of fused-ring (bicyclic) bond motifs is 1. The van der Waals surface area contributed by atoms with E-state index in [0.29, 0.717) is 41.2 Å². The Labute approximate surface area is 206 Å². The number of benzene rings is 2. The summed E-state index contributed by atoms with van der Waals surface area (Å²) in [5.74, 6) is 0.367. The molecule has 0 aliphatic heterocycles. The Bertz CT molecular complexity index is 1200. The van der Waals surface area contributed by atoms with Crippen molar-refractivity contribution in [3.63, 3.8) is 0 Å². The van der Waals surface area contributed by atoms with Crippen molar-refractivity contribution >= 4 is 28.5 Å². The number of aryl methyl sites for hydroxylation is 1. The molecule has 0 bridgehead atoms. The fraction of sp³-hybridized carbons (Fsp3) is 0.227. The van der Waals surface area contributed by atoms with Crippen LogP contribution in [-0.4, -0.2) is 27.3 Å². The molecule has 31 heavy (non-hydrogen) atoms. The van der Waals surface area contributed by atoms with Gasteiger partial charge in [0.05, 0.1) is 11.6 Å². The molecule has 0 spiro atoms. The minimum Gasteiger partial charge on any atom is -0.550 e. The van der Waals surface area contributed by atoms with Crippen LogP contribution < -0.4 is 39.4 Å². The van der Waals surface area contributed by atoms with Crippen LogP contribution in [0.5, 0.6) is 5.75 Å². The average Bonchev–Trinajstić information content (AvgIpc) is 3.38.